The zero-order chi connectivity index (χ0) is 18.3. The number of amides is 2. The molecule has 1 fully saturated rings. The van der Waals surface area contributed by atoms with Crippen LogP contribution in [0, 0.1) is 19.8 Å². The van der Waals surface area contributed by atoms with Crippen LogP contribution in [0.25, 0.3) is 10.2 Å². The molecule has 0 saturated carbocycles. The molecule has 26 heavy (non-hydrogen) atoms. The number of hydrogen-bond acceptors (Lipinski definition) is 4. The van der Waals surface area contributed by atoms with Crippen LogP contribution in [0.3, 0.4) is 0 Å². The van der Waals surface area contributed by atoms with Crippen LogP contribution in [0.4, 0.5) is 11.4 Å². The van der Waals surface area contributed by atoms with Gasteiger partial charge in [0.1, 0.15) is 0 Å². The second kappa shape index (κ2) is 6.53. The average Bonchev–Trinajstić information content (AvgIpc) is 3.17. The largest absolute Gasteiger partial charge is 0.326 e. The van der Waals surface area contributed by atoms with Gasteiger partial charge in [-0.1, -0.05) is 17.7 Å². The van der Waals surface area contributed by atoms with Crippen LogP contribution in [0.1, 0.15) is 17.0 Å². The summed E-state index contributed by atoms with van der Waals surface area (Å²) in [5.74, 6) is -0.473. The standard InChI is InChI=1S/C20H19N3O2S/c1-12-3-6-16(7-4-12)23-11-14(9-19(23)24)20(25)22-15-5-8-17-18(10-15)26-13(2)21-17/h3-8,10,14H,9,11H2,1-2H3,(H,22,25). The fourth-order valence-electron chi connectivity index (χ4n) is 3.22. The number of fused-ring (bicyclic) bond motifs is 1. The highest BCUT2D eigenvalue weighted by molar-refractivity contribution is 7.18. The third-order valence-electron chi connectivity index (χ3n) is 4.60. The molecule has 0 bridgehead atoms. The molecular formula is C20H19N3O2S. The predicted octanol–water partition coefficient (Wildman–Crippen LogP) is 3.90. The maximum absolute atomic E-state index is 12.6. The molecule has 4 rings (SSSR count). The summed E-state index contributed by atoms with van der Waals surface area (Å²) in [6, 6.07) is 13.5. The predicted molar refractivity (Wildman–Crippen MR) is 105 cm³/mol. The Morgan fingerprint density at radius 1 is 1.19 bits per heavy atom. The number of rotatable bonds is 3. The van der Waals surface area contributed by atoms with Crippen LogP contribution in [0.15, 0.2) is 42.5 Å². The number of carbonyl (C=O) groups is 2. The summed E-state index contributed by atoms with van der Waals surface area (Å²) in [6.07, 6.45) is 0.238. The minimum atomic E-state index is -0.345. The molecule has 1 saturated heterocycles. The molecular weight excluding hydrogens is 346 g/mol. The van der Waals surface area contributed by atoms with E-state index in [2.05, 4.69) is 10.3 Å². The fraction of sp³-hybridized carbons (Fsp3) is 0.250. The van der Waals surface area contributed by atoms with E-state index in [9.17, 15) is 9.59 Å². The van der Waals surface area contributed by atoms with Gasteiger partial charge in [-0.2, -0.15) is 0 Å². The van der Waals surface area contributed by atoms with E-state index in [1.807, 2.05) is 56.3 Å². The maximum atomic E-state index is 12.6. The molecule has 1 N–H and O–H groups in total. The van der Waals surface area contributed by atoms with E-state index < -0.39 is 0 Å². The third kappa shape index (κ3) is 3.20. The molecule has 132 valence electrons. The van der Waals surface area contributed by atoms with E-state index in [0.717, 1.165) is 32.2 Å². The Balaban J connectivity index is 1.47. The third-order valence-corrected chi connectivity index (χ3v) is 5.54. The summed E-state index contributed by atoms with van der Waals surface area (Å²) in [5, 5.41) is 3.95. The average molecular weight is 365 g/mol. The zero-order valence-electron chi connectivity index (χ0n) is 14.7. The van der Waals surface area contributed by atoms with Gasteiger partial charge in [0.05, 0.1) is 21.1 Å². The highest BCUT2D eigenvalue weighted by Gasteiger charge is 2.35. The van der Waals surface area contributed by atoms with Crippen molar-refractivity contribution in [3.8, 4) is 0 Å². The minimum Gasteiger partial charge on any atom is -0.326 e. The molecule has 1 aromatic heterocycles. The van der Waals surface area contributed by atoms with Crippen molar-refractivity contribution in [1.29, 1.82) is 0 Å². The molecule has 1 aliphatic heterocycles. The van der Waals surface area contributed by atoms with Gasteiger partial charge < -0.3 is 10.2 Å². The Labute approximate surface area is 155 Å². The van der Waals surface area contributed by atoms with Crippen LogP contribution >= 0.6 is 11.3 Å². The molecule has 1 unspecified atom stereocenters. The van der Waals surface area contributed by atoms with Gasteiger partial charge in [-0.15, -0.1) is 11.3 Å². The van der Waals surface area contributed by atoms with E-state index in [0.29, 0.717) is 6.54 Å². The van der Waals surface area contributed by atoms with Gasteiger partial charge in [-0.25, -0.2) is 4.98 Å². The van der Waals surface area contributed by atoms with Gasteiger partial charge in [0.15, 0.2) is 0 Å². The van der Waals surface area contributed by atoms with E-state index in [1.165, 1.54) is 0 Å². The fourth-order valence-corrected chi connectivity index (χ4v) is 4.09. The van der Waals surface area contributed by atoms with Crippen LogP contribution < -0.4 is 10.2 Å². The zero-order valence-corrected chi connectivity index (χ0v) is 15.5. The summed E-state index contributed by atoms with van der Waals surface area (Å²) in [5.41, 5.74) is 3.67. The van der Waals surface area contributed by atoms with E-state index in [1.54, 1.807) is 16.2 Å². The number of nitrogens with one attached hydrogen (secondary N) is 1. The van der Waals surface area contributed by atoms with Crippen LogP contribution in [-0.2, 0) is 9.59 Å². The number of aromatic nitrogens is 1. The monoisotopic (exact) mass is 365 g/mol. The van der Waals surface area contributed by atoms with Crippen molar-refractivity contribution >= 4 is 44.7 Å². The summed E-state index contributed by atoms with van der Waals surface area (Å²) >= 11 is 1.60. The van der Waals surface area contributed by atoms with Crippen molar-refractivity contribution in [3.63, 3.8) is 0 Å². The van der Waals surface area contributed by atoms with Crippen molar-refractivity contribution in [1.82, 2.24) is 4.98 Å². The molecule has 6 heteroatoms. The molecule has 2 heterocycles. The molecule has 5 nitrogen and oxygen atoms in total. The van der Waals surface area contributed by atoms with Crippen LogP contribution in [-0.4, -0.2) is 23.3 Å². The van der Waals surface area contributed by atoms with E-state index >= 15 is 0 Å². The van der Waals surface area contributed by atoms with Gasteiger partial charge in [-0.3, -0.25) is 9.59 Å². The quantitative estimate of drug-likeness (QED) is 0.765. The number of thiazole rings is 1. The number of hydrogen-bond donors (Lipinski definition) is 1. The first-order chi connectivity index (χ1) is 12.5. The SMILES string of the molecule is Cc1ccc(N2CC(C(=O)Nc3ccc4nc(C)sc4c3)CC2=O)cc1. The lowest BCUT2D eigenvalue weighted by molar-refractivity contribution is -0.122. The van der Waals surface area contributed by atoms with E-state index in [-0.39, 0.29) is 24.2 Å². The lowest BCUT2D eigenvalue weighted by Gasteiger charge is -2.17. The lowest BCUT2D eigenvalue weighted by atomic mass is 10.1. The number of benzene rings is 2. The van der Waals surface area contributed by atoms with Gasteiger partial charge in [-0.05, 0) is 44.2 Å². The second-order valence-electron chi connectivity index (χ2n) is 6.65. The summed E-state index contributed by atoms with van der Waals surface area (Å²) in [6.45, 7) is 4.38. The van der Waals surface area contributed by atoms with Crippen molar-refractivity contribution in [3.05, 3.63) is 53.0 Å². The molecule has 1 atom stereocenters. The number of nitrogens with zero attached hydrogens (tertiary/aromatic N) is 2. The number of aryl methyl sites for hydroxylation is 2. The normalized spacial score (nSPS) is 17.1. The van der Waals surface area contributed by atoms with Crippen molar-refractivity contribution in [2.75, 3.05) is 16.8 Å². The number of anilines is 2. The molecule has 0 aliphatic carbocycles. The van der Waals surface area contributed by atoms with Crippen molar-refractivity contribution < 1.29 is 9.59 Å². The van der Waals surface area contributed by atoms with Crippen molar-refractivity contribution in [2.24, 2.45) is 5.92 Å². The topological polar surface area (TPSA) is 62.3 Å². The summed E-state index contributed by atoms with van der Waals surface area (Å²) < 4.78 is 1.05. The second-order valence-corrected chi connectivity index (χ2v) is 7.88. The summed E-state index contributed by atoms with van der Waals surface area (Å²) in [7, 11) is 0. The Morgan fingerprint density at radius 2 is 1.96 bits per heavy atom. The van der Waals surface area contributed by atoms with E-state index in [4.69, 9.17) is 0 Å². The first kappa shape index (κ1) is 16.7. The molecule has 0 radical (unpaired) electrons. The van der Waals surface area contributed by atoms with Gasteiger partial charge in [0.2, 0.25) is 11.8 Å². The minimum absolute atomic E-state index is 0.0115. The molecule has 2 aromatic carbocycles. The Kier molecular flexibility index (Phi) is 4.20. The molecule has 2 amide bonds. The van der Waals surface area contributed by atoms with Gasteiger partial charge in [0, 0.05) is 24.3 Å². The molecule has 1 aliphatic rings. The lowest BCUT2D eigenvalue weighted by Crippen LogP contribution is -2.28. The van der Waals surface area contributed by atoms with Gasteiger partial charge in [0.25, 0.3) is 0 Å². The van der Waals surface area contributed by atoms with Crippen molar-refractivity contribution in [2.45, 2.75) is 20.3 Å². The van der Waals surface area contributed by atoms with Crippen LogP contribution in [0.2, 0.25) is 0 Å². The number of carbonyl (C=O) groups excluding carboxylic acids is 2. The Bertz CT molecular complexity index is 994. The summed E-state index contributed by atoms with van der Waals surface area (Å²) in [4.78, 5) is 31.1. The maximum Gasteiger partial charge on any atom is 0.229 e. The van der Waals surface area contributed by atoms with Crippen LogP contribution in [0.5, 0.6) is 0 Å². The highest BCUT2D eigenvalue weighted by atomic mass is 32.1. The Hall–Kier alpha value is -2.73. The highest BCUT2D eigenvalue weighted by Crippen LogP contribution is 2.28. The first-order valence-electron chi connectivity index (χ1n) is 8.55. The Morgan fingerprint density at radius 3 is 2.73 bits per heavy atom. The smallest absolute Gasteiger partial charge is 0.229 e. The van der Waals surface area contributed by atoms with Gasteiger partial charge >= 0.3 is 0 Å². The molecule has 0 spiro atoms. The first-order valence-corrected chi connectivity index (χ1v) is 9.36. The molecule has 3 aromatic rings.